The molecule has 1 aliphatic rings. The van der Waals surface area contributed by atoms with Crippen molar-refractivity contribution in [2.75, 3.05) is 23.0 Å². The number of carbonyl (C=O) groups is 2. The van der Waals surface area contributed by atoms with Crippen molar-refractivity contribution >= 4 is 35.0 Å². The van der Waals surface area contributed by atoms with Gasteiger partial charge in [-0.05, 0) is 56.7 Å². The number of carbonyl (C=O) groups excluding carboxylic acids is 2. The third-order valence-corrected chi connectivity index (χ3v) is 7.12. The molecule has 1 atom stereocenters. The van der Waals surface area contributed by atoms with Crippen LogP contribution in [0.1, 0.15) is 30.9 Å². The Balaban J connectivity index is 1.68. The molecule has 0 bridgehead atoms. The van der Waals surface area contributed by atoms with E-state index in [2.05, 4.69) is 22.0 Å². The lowest BCUT2D eigenvalue weighted by Crippen LogP contribution is -2.31. The van der Waals surface area contributed by atoms with E-state index in [1.54, 1.807) is 6.92 Å². The Kier molecular flexibility index (Phi) is 9.08. The van der Waals surface area contributed by atoms with E-state index in [1.807, 2.05) is 92.7 Å². The van der Waals surface area contributed by atoms with Crippen molar-refractivity contribution in [3.8, 4) is 11.8 Å². The van der Waals surface area contributed by atoms with Crippen molar-refractivity contribution in [3.05, 3.63) is 112 Å². The van der Waals surface area contributed by atoms with E-state index in [9.17, 15) is 14.9 Å². The maximum Gasteiger partial charge on any atom is 0.254 e. The second-order valence-corrected chi connectivity index (χ2v) is 9.93. The van der Waals surface area contributed by atoms with Gasteiger partial charge in [-0.1, -0.05) is 60.3 Å². The normalized spacial score (nSPS) is 14.8. The number of dihydropyridines is 1. The summed E-state index contributed by atoms with van der Waals surface area (Å²) in [5, 5.41) is 20.0. The molecule has 0 radical (unpaired) electrons. The molecular formula is C31H30N4O3S. The van der Waals surface area contributed by atoms with Gasteiger partial charge < -0.3 is 20.7 Å². The Morgan fingerprint density at radius 3 is 2.41 bits per heavy atom. The van der Waals surface area contributed by atoms with E-state index in [0.29, 0.717) is 51.2 Å². The lowest BCUT2D eigenvalue weighted by molar-refractivity contribution is -0.114. The molecule has 0 saturated heterocycles. The number of ether oxygens (including phenoxy) is 1. The molecule has 0 saturated carbocycles. The lowest BCUT2D eigenvalue weighted by atomic mass is 9.81. The van der Waals surface area contributed by atoms with E-state index in [-0.39, 0.29) is 17.6 Å². The van der Waals surface area contributed by atoms with Crippen LogP contribution in [0.25, 0.3) is 0 Å². The van der Waals surface area contributed by atoms with Gasteiger partial charge in [0.05, 0.1) is 34.9 Å². The minimum absolute atomic E-state index is 0.0834. The zero-order chi connectivity index (χ0) is 27.8. The van der Waals surface area contributed by atoms with E-state index in [0.717, 1.165) is 5.56 Å². The van der Waals surface area contributed by atoms with Crippen LogP contribution in [0.2, 0.25) is 0 Å². The van der Waals surface area contributed by atoms with Gasteiger partial charge in [0.15, 0.2) is 0 Å². The molecule has 0 spiro atoms. The second kappa shape index (κ2) is 12.9. The predicted molar refractivity (Wildman–Crippen MR) is 156 cm³/mol. The number of allylic oxidation sites excluding steroid dienone is 2. The summed E-state index contributed by atoms with van der Waals surface area (Å²) in [6.07, 6.45) is 0. The fourth-order valence-electron chi connectivity index (χ4n) is 4.42. The van der Waals surface area contributed by atoms with E-state index in [4.69, 9.17) is 4.74 Å². The van der Waals surface area contributed by atoms with Crippen molar-refractivity contribution in [1.29, 1.82) is 5.26 Å². The lowest BCUT2D eigenvalue weighted by Gasteiger charge is -2.30. The van der Waals surface area contributed by atoms with E-state index < -0.39 is 5.92 Å². The number of aryl methyl sites for hydroxylation is 1. The first-order valence-corrected chi connectivity index (χ1v) is 13.6. The molecule has 1 aliphatic heterocycles. The Hall–Kier alpha value is -4.48. The summed E-state index contributed by atoms with van der Waals surface area (Å²) in [5.41, 5.74) is 4.47. The summed E-state index contributed by atoms with van der Waals surface area (Å²) < 4.78 is 5.90. The van der Waals surface area contributed by atoms with Crippen LogP contribution < -0.4 is 20.7 Å². The number of anilines is 2. The first-order chi connectivity index (χ1) is 18.9. The van der Waals surface area contributed by atoms with Crippen LogP contribution >= 0.6 is 11.8 Å². The van der Waals surface area contributed by atoms with Crippen molar-refractivity contribution in [3.63, 3.8) is 0 Å². The van der Waals surface area contributed by atoms with Gasteiger partial charge in [0.25, 0.3) is 5.91 Å². The summed E-state index contributed by atoms with van der Waals surface area (Å²) in [4.78, 5) is 26.4. The highest BCUT2D eigenvalue weighted by atomic mass is 32.2. The largest absolute Gasteiger partial charge is 0.494 e. The molecule has 3 aromatic carbocycles. The minimum Gasteiger partial charge on any atom is -0.494 e. The standard InChI is InChI=1S/C31H30N4O3S/c1-4-38-26-16-9-8-15-24(26)29-25(18-32)31(39-19-27(36)34-23-14-10-11-20(2)17-23)33-21(3)28(29)30(37)35-22-12-6-5-7-13-22/h5-17,29,33H,4,19H2,1-3H3,(H,34,36)(H,35,37). The summed E-state index contributed by atoms with van der Waals surface area (Å²) in [7, 11) is 0. The molecule has 0 aromatic heterocycles. The smallest absolute Gasteiger partial charge is 0.254 e. The van der Waals surface area contributed by atoms with Gasteiger partial charge in [-0.25, -0.2) is 0 Å². The van der Waals surface area contributed by atoms with Crippen LogP contribution in [0.3, 0.4) is 0 Å². The fourth-order valence-corrected chi connectivity index (χ4v) is 5.31. The first kappa shape index (κ1) is 27.6. The molecule has 1 heterocycles. The number of nitrogens with zero attached hydrogens (tertiary/aromatic N) is 1. The highest BCUT2D eigenvalue weighted by molar-refractivity contribution is 8.03. The summed E-state index contributed by atoms with van der Waals surface area (Å²) in [6, 6.07) is 26.5. The third-order valence-electron chi connectivity index (χ3n) is 6.10. The van der Waals surface area contributed by atoms with E-state index in [1.165, 1.54) is 11.8 Å². The molecule has 8 heteroatoms. The van der Waals surface area contributed by atoms with Crippen LogP contribution in [-0.4, -0.2) is 24.2 Å². The number of nitrogens with one attached hydrogen (secondary N) is 3. The average molecular weight is 539 g/mol. The van der Waals surface area contributed by atoms with Gasteiger partial charge in [0.2, 0.25) is 5.91 Å². The molecule has 4 rings (SSSR count). The third kappa shape index (κ3) is 6.70. The molecule has 198 valence electrons. The average Bonchev–Trinajstić information content (AvgIpc) is 2.92. The number of para-hydroxylation sites is 2. The zero-order valence-electron chi connectivity index (χ0n) is 22.1. The van der Waals surface area contributed by atoms with Crippen molar-refractivity contribution < 1.29 is 14.3 Å². The van der Waals surface area contributed by atoms with Crippen molar-refractivity contribution in [2.45, 2.75) is 26.7 Å². The second-order valence-electron chi connectivity index (χ2n) is 8.95. The Labute approximate surface area is 233 Å². The number of hydrogen-bond acceptors (Lipinski definition) is 6. The molecule has 1 unspecified atom stereocenters. The monoisotopic (exact) mass is 538 g/mol. The van der Waals surface area contributed by atoms with Gasteiger partial charge in [-0.15, -0.1) is 0 Å². The number of nitriles is 1. The number of rotatable bonds is 9. The number of thioether (sulfide) groups is 1. The summed E-state index contributed by atoms with van der Waals surface area (Å²) in [6.45, 7) is 6.08. The summed E-state index contributed by atoms with van der Waals surface area (Å²) in [5.74, 6) is -0.529. The maximum absolute atomic E-state index is 13.6. The number of benzene rings is 3. The Morgan fingerprint density at radius 1 is 0.974 bits per heavy atom. The van der Waals surface area contributed by atoms with Gasteiger partial charge in [-0.2, -0.15) is 5.26 Å². The SMILES string of the molecule is CCOc1ccccc1C1C(C#N)=C(SCC(=O)Nc2cccc(C)c2)NC(C)=C1C(=O)Nc1ccccc1. The van der Waals surface area contributed by atoms with Gasteiger partial charge in [-0.3, -0.25) is 9.59 Å². The topological polar surface area (TPSA) is 103 Å². The Morgan fingerprint density at radius 2 is 1.69 bits per heavy atom. The molecule has 3 aromatic rings. The van der Waals surface area contributed by atoms with Crippen molar-refractivity contribution in [1.82, 2.24) is 5.32 Å². The van der Waals surface area contributed by atoms with E-state index >= 15 is 0 Å². The molecule has 3 N–H and O–H groups in total. The zero-order valence-corrected chi connectivity index (χ0v) is 22.9. The predicted octanol–water partition coefficient (Wildman–Crippen LogP) is 6.10. The molecule has 0 aliphatic carbocycles. The molecule has 0 fully saturated rings. The maximum atomic E-state index is 13.6. The van der Waals surface area contributed by atoms with Crippen LogP contribution in [0, 0.1) is 18.3 Å². The molecule has 39 heavy (non-hydrogen) atoms. The van der Waals surface area contributed by atoms with Crippen LogP contribution in [-0.2, 0) is 9.59 Å². The van der Waals surface area contributed by atoms with Crippen LogP contribution in [0.5, 0.6) is 5.75 Å². The van der Waals surface area contributed by atoms with Crippen LogP contribution in [0.4, 0.5) is 11.4 Å². The van der Waals surface area contributed by atoms with Gasteiger partial charge >= 0.3 is 0 Å². The van der Waals surface area contributed by atoms with Gasteiger partial charge in [0, 0.05) is 28.2 Å². The highest BCUT2D eigenvalue weighted by Gasteiger charge is 2.36. The quantitative estimate of drug-likeness (QED) is 0.304. The number of amides is 2. The fraction of sp³-hybridized carbons (Fsp3) is 0.194. The minimum atomic E-state index is -0.690. The summed E-state index contributed by atoms with van der Waals surface area (Å²) >= 11 is 1.23. The highest BCUT2D eigenvalue weighted by Crippen LogP contribution is 2.44. The molecule has 7 nitrogen and oxygen atoms in total. The first-order valence-electron chi connectivity index (χ1n) is 12.6. The van der Waals surface area contributed by atoms with Crippen LogP contribution in [0.15, 0.2) is 101 Å². The Bertz CT molecular complexity index is 1470. The number of hydrogen-bond donors (Lipinski definition) is 3. The van der Waals surface area contributed by atoms with Crippen molar-refractivity contribution in [2.24, 2.45) is 0 Å². The molecular weight excluding hydrogens is 508 g/mol. The van der Waals surface area contributed by atoms with Gasteiger partial charge in [0.1, 0.15) is 5.75 Å². The molecule has 2 amide bonds.